The van der Waals surface area contributed by atoms with Crippen molar-refractivity contribution in [3.05, 3.63) is 112 Å². The molecule has 0 bridgehead atoms. The Bertz CT molecular complexity index is 1200. The lowest BCUT2D eigenvalue weighted by molar-refractivity contribution is -0.122. The van der Waals surface area contributed by atoms with Gasteiger partial charge in [-0.3, -0.25) is 9.69 Å². The number of thioether (sulfide) groups is 1. The molecule has 32 heavy (non-hydrogen) atoms. The molecule has 160 valence electrons. The third-order valence-corrected chi connectivity index (χ3v) is 5.55. The molecule has 1 aliphatic rings. The Morgan fingerprint density at radius 2 is 1.84 bits per heavy atom. The maximum atomic E-state index is 13.1. The third-order valence-electron chi connectivity index (χ3n) is 4.55. The van der Waals surface area contributed by atoms with E-state index in [4.69, 9.17) is 4.42 Å². The number of hydrogen-bond donors (Lipinski definition) is 0. The zero-order valence-electron chi connectivity index (χ0n) is 17.3. The van der Waals surface area contributed by atoms with E-state index in [2.05, 4.69) is 10.2 Å². The van der Waals surface area contributed by atoms with Gasteiger partial charge in [-0.05, 0) is 65.7 Å². The topological polar surface area (TPSA) is 58.2 Å². The molecule has 1 aliphatic heterocycles. The van der Waals surface area contributed by atoms with Crippen LogP contribution >= 0.6 is 11.8 Å². The van der Waals surface area contributed by atoms with Gasteiger partial charge in [0.15, 0.2) is 5.17 Å². The fourth-order valence-electron chi connectivity index (χ4n) is 3.03. The van der Waals surface area contributed by atoms with Gasteiger partial charge >= 0.3 is 0 Å². The number of amidine groups is 1. The number of rotatable bonds is 6. The van der Waals surface area contributed by atoms with E-state index in [1.807, 2.05) is 49.4 Å². The van der Waals surface area contributed by atoms with Gasteiger partial charge in [-0.15, -0.1) is 5.10 Å². The van der Waals surface area contributed by atoms with E-state index >= 15 is 0 Å². The molecule has 0 aliphatic carbocycles. The van der Waals surface area contributed by atoms with Crippen LogP contribution in [-0.2, 0) is 11.3 Å². The first-order chi connectivity index (χ1) is 15.6. The van der Waals surface area contributed by atoms with E-state index in [1.165, 1.54) is 35.0 Å². The molecular formula is C25H20FN3O2S. The second-order valence-corrected chi connectivity index (χ2v) is 8.07. The average Bonchev–Trinajstić information content (AvgIpc) is 3.40. The van der Waals surface area contributed by atoms with E-state index in [9.17, 15) is 9.18 Å². The number of halogens is 1. The molecule has 0 atom stereocenters. The number of nitrogens with zero attached hydrogens (tertiary/aromatic N) is 3. The smallest absolute Gasteiger partial charge is 0.267 e. The summed E-state index contributed by atoms with van der Waals surface area (Å²) in [5.74, 6) is 0.165. The number of allylic oxidation sites excluding steroid dienone is 2. The van der Waals surface area contributed by atoms with E-state index in [-0.39, 0.29) is 18.3 Å². The van der Waals surface area contributed by atoms with Crippen molar-refractivity contribution in [2.24, 2.45) is 10.2 Å². The Morgan fingerprint density at radius 1 is 1.06 bits per heavy atom. The van der Waals surface area contributed by atoms with Crippen molar-refractivity contribution in [2.45, 2.75) is 13.5 Å². The van der Waals surface area contributed by atoms with Crippen LogP contribution < -0.4 is 0 Å². The zero-order chi connectivity index (χ0) is 22.3. The molecule has 7 heteroatoms. The number of carbonyl (C=O) groups is 1. The molecule has 1 fully saturated rings. The standard InChI is InChI=1S/C25H20FN3O2S/c1-18(14-19-6-3-2-4-7-19)15-23-24(30)29(17-22-8-5-13-31-22)25(32-23)28-27-16-20-9-11-21(26)12-10-20/h2-16H,17H2,1H3/b18-14+,23-15-,27-16+,28-25-. The second-order valence-electron chi connectivity index (χ2n) is 7.06. The van der Waals surface area contributed by atoms with Gasteiger partial charge in [0.25, 0.3) is 5.91 Å². The number of furan rings is 1. The highest BCUT2D eigenvalue weighted by Crippen LogP contribution is 2.33. The van der Waals surface area contributed by atoms with Crippen molar-refractivity contribution < 1.29 is 13.6 Å². The molecule has 0 spiro atoms. The molecule has 2 aromatic carbocycles. The molecule has 1 saturated heterocycles. The molecule has 2 heterocycles. The van der Waals surface area contributed by atoms with Gasteiger partial charge in [-0.2, -0.15) is 5.10 Å². The third kappa shape index (κ3) is 5.50. The maximum Gasteiger partial charge on any atom is 0.267 e. The molecule has 1 aromatic heterocycles. The van der Waals surface area contributed by atoms with Crippen molar-refractivity contribution >= 4 is 35.1 Å². The van der Waals surface area contributed by atoms with Crippen LogP contribution in [0.2, 0.25) is 0 Å². The van der Waals surface area contributed by atoms with Crippen molar-refractivity contribution in [1.29, 1.82) is 0 Å². The predicted octanol–water partition coefficient (Wildman–Crippen LogP) is 5.87. The average molecular weight is 446 g/mol. The van der Waals surface area contributed by atoms with Crippen LogP contribution in [0.25, 0.3) is 6.08 Å². The summed E-state index contributed by atoms with van der Waals surface area (Å²) in [6.45, 7) is 2.20. The fraction of sp³-hybridized carbons (Fsp3) is 0.0800. The largest absolute Gasteiger partial charge is 0.467 e. The van der Waals surface area contributed by atoms with E-state index in [0.717, 1.165) is 11.1 Å². The van der Waals surface area contributed by atoms with Crippen molar-refractivity contribution in [2.75, 3.05) is 0 Å². The number of carbonyl (C=O) groups excluding carboxylic acids is 1. The summed E-state index contributed by atoms with van der Waals surface area (Å²) in [4.78, 5) is 15.2. The number of amides is 1. The molecule has 5 nitrogen and oxygen atoms in total. The summed E-state index contributed by atoms with van der Waals surface area (Å²) in [6, 6.07) is 19.4. The van der Waals surface area contributed by atoms with Crippen molar-refractivity contribution in [1.82, 2.24) is 4.90 Å². The van der Waals surface area contributed by atoms with E-state index < -0.39 is 0 Å². The Hall–Kier alpha value is -3.71. The molecule has 0 N–H and O–H groups in total. The van der Waals surface area contributed by atoms with Gasteiger partial charge in [0, 0.05) is 0 Å². The summed E-state index contributed by atoms with van der Waals surface area (Å²) in [6.07, 6.45) is 6.95. The minimum atomic E-state index is -0.316. The van der Waals surface area contributed by atoms with Crippen LogP contribution in [0.5, 0.6) is 0 Å². The van der Waals surface area contributed by atoms with Crippen LogP contribution in [0.15, 0.2) is 104 Å². The summed E-state index contributed by atoms with van der Waals surface area (Å²) in [5.41, 5.74) is 2.71. The van der Waals surface area contributed by atoms with Crippen molar-refractivity contribution in [3.63, 3.8) is 0 Å². The Balaban J connectivity index is 1.59. The first-order valence-electron chi connectivity index (χ1n) is 9.92. The van der Waals surface area contributed by atoms with Crippen LogP contribution in [0, 0.1) is 5.82 Å². The first kappa shape index (κ1) is 21.5. The lowest BCUT2D eigenvalue weighted by Crippen LogP contribution is -2.28. The molecule has 0 radical (unpaired) electrons. The Morgan fingerprint density at radius 3 is 2.56 bits per heavy atom. The van der Waals surface area contributed by atoms with E-state index in [0.29, 0.717) is 21.4 Å². The molecule has 1 amide bonds. The van der Waals surface area contributed by atoms with Gasteiger partial charge in [-0.1, -0.05) is 48.5 Å². The lowest BCUT2D eigenvalue weighted by atomic mass is 10.1. The van der Waals surface area contributed by atoms with Gasteiger partial charge in [-0.25, -0.2) is 4.39 Å². The molecule has 4 rings (SSSR count). The number of hydrogen-bond acceptors (Lipinski definition) is 5. The molecule has 3 aromatic rings. The van der Waals surface area contributed by atoms with Gasteiger partial charge in [0.1, 0.15) is 11.6 Å². The highest BCUT2D eigenvalue weighted by molar-refractivity contribution is 8.18. The van der Waals surface area contributed by atoms with Gasteiger partial charge < -0.3 is 4.42 Å². The SMILES string of the molecule is CC(/C=C1\S/C(=N\N=C\c2ccc(F)cc2)N(Cc2ccco2)C1=O)=C\c1ccccc1. The van der Waals surface area contributed by atoms with Gasteiger partial charge in [0.2, 0.25) is 0 Å². The highest BCUT2D eigenvalue weighted by Gasteiger charge is 2.34. The first-order valence-corrected chi connectivity index (χ1v) is 10.7. The summed E-state index contributed by atoms with van der Waals surface area (Å²) in [5, 5.41) is 8.80. The Labute approximate surface area is 189 Å². The molecule has 0 unspecified atom stereocenters. The Kier molecular flexibility index (Phi) is 6.77. The van der Waals surface area contributed by atoms with E-state index in [1.54, 1.807) is 30.5 Å². The van der Waals surface area contributed by atoms with Gasteiger partial charge in [0.05, 0.1) is 23.9 Å². The van der Waals surface area contributed by atoms with Crippen LogP contribution in [-0.4, -0.2) is 22.2 Å². The minimum Gasteiger partial charge on any atom is -0.467 e. The monoisotopic (exact) mass is 445 g/mol. The predicted molar refractivity (Wildman–Crippen MR) is 126 cm³/mol. The summed E-state index contributed by atoms with van der Waals surface area (Å²) in [7, 11) is 0. The lowest BCUT2D eigenvalue weighted by Gasteiger charge is -2.12. The number of benzene rings is 2. The quantitative estimate of drug-likeness (QED) is 0.271. The molecule has 0 saturated carbocycles. The normalized spacial score (nSPS) is 17.2. The fourth-order valence-corrected chi connectivity index (χ4v) is 4.02. The maximum absolute atomic E-state index is 13.1. The zero-order valence-corrected chi connectivity index (χ0v) is 18.1. The van der Waals surface area contributed by atoms with Crippen LogP contribution in [0.4, 0.5) is 4.39 Å². The minimum absolute atomic E-state index is 0.164. The van der Waals surface area contributed by atoms with Crippen LogP contribution in [0.3, 0.4) is 0 Å². The summed E-state index contributed by atoms with van der Waals surface area (Å²) >= 11 is 1.26. The second kappa shape index (κ2) is 10.1. The summed E-state index contributed by atoms with van der Waals surface area (Å²) < 4.78 is 18.5. The molecular weight excluding hydrogens is 425 g/mol. The highest BCUT2D eigenvalue weighted by atomic mass is 32.2. The van der Waals surface area contributed by atoms with Crippen LogP contribution in [0.1, 0.15) is 23.8 Å². The van der Waals surface area contributed by atoms with Crippen molar-refractivity contribution in [3.8, 4) is 0 Å².